The number of hydrogen-bond donors (Lipinski definition) is 1. The van der Waals surface area contributed by atoms with Crippen LogP contribution in [0.15, 0.2) is 83.4 Å². The number of benzene rings is 2. The van der Waals surface area contributed by atoms with Crippen LogP contribution in [0.1, 0.15) is 43.4 Å². The first-order valence-corrected chi connectivity index (χ1v) is 16.9. The van der Waals surface area contributed by atoms with Crippen molar-refractivity contribution in [3.63, 3.8) is 0 Å². The number of likely N-dealkylation sites (tertiary alicyclic amines) is 1. The fourth-order valence-electron chi connectivity index (χ4n) is 7.38. The van der Waals surface area contributed by atoms with Crippen molar-refractivity contribution in [3.8, 4) is 0 Å². The van der Waals surface area contributed by atoms with Crippen LogP contribution in [-0.2, 0) is 35.2 Å². The standard InChI is InChI=1S/C36H40BrN3O7/c1-23-30(25-15-8-4-9-16-25)46-35(45)28-29-33(43)40(19-12-20-41)32(36(29)21-26(37)31(28)47-36)34(44)39(22-24-13-6-3-7-14-24)18-11-5-10-17-27(42)38(23)2/h3-9,11,13-16,21,23,28-32,41H,10,12,17-20,22H2,1-2H3/b11-5-/t23-,28+,29-,30+,31+,32+,36-/m1/s1. The zero-order valence-corrected chi connectivity index (χ0v) is 28.1. The molecule has 5 bridgehead atoms. The molecule has 4 heterocycles. The number of fused-ring (bicyclic) bond motifs is 2. The van der Waals surface area contributed by atoms with Gasteiger partial charge in [0.05, 0.1) is 12.0 Å². The topological polar surface area (TPSA) is 117 Å². The van der Waals surface area contributed by atoms with Gasteiger partial charge in [-0.1, -0.05) is 88.7 Å². The number of esters is 1. The normalized spacial score (nSPS) is 32.0. The molecule has 6 rings (SSSR count). The molecule has 47 heavy (non-hydrogen) atoms. The second-order valence-electron chi connectivity index (χ2n) is 12.7. The van der Waals surface area contributed by atoms with Crippen LogP contribution in [0.25, 0.3) is 0 Å². The Morgan fingerprint density at radius 3 is 2.36 bits per heavy atom. The van der Waals surface area contributed by atoms with Gasteiger partial charge in [0, 0.05) is 44.2 Å². The lowest BCUT2D eigenvalue weighted by Gasteiger charge is -2.36. The summed E-state index contributed by atoms with van der Waals surface area (Å²) in [6.45, 7) is 2.31. The van der Waals surface area contributed by atoms with Crippen molar-refractivity contribution in [3.05, 3.63) is 94.5 Å². The Morgan fingerprint density at radius 1 is 0.957 bits per heavy atom. The molecule has 2 saturated heterocycles. The number of amides is 3. The highest BCUT2D eigenvalue weighted by Crippen LogP contribution is 2.59. The van der Waals surface area contributed by atoms with E-state index in [1.807, 2.05) is 79.7 Å². The van der Waals surface area contributed by atoms with Gasteiger partial charge in [-0.3, -0.25) is 19.2 Å². The molecule has 10 nitrogen and oxygen atoms in total. The zero-order chi connectivity index (χ0) is 33.3. The minimum atomic E-state index is -1.41. The minimum Gasteiger partial charge on any atom is -0.455 e. The molecule has 4 aliphatic rings. The number of aliphatic hydroxyl groups excluding tert-OH is 1. The number of carbonyl (C=O) groups excluding carboxylic acids is 4. The Kier molecular flexibility index (Phi) is 9.68. The van der Waals surface area contributed by atoms with E-state index in [0.29, 0.717) is 16.5 Å². The third-order valence-corrected chi connectivity index (χ3v) is 10.5. The molecule has 2 fully saturated rings. The van der Waals surface area contributed by atoms with E-state index >= 15 is 0 Å². The van der Waals surface area contributed by atoms with E-state index in [-0.39, 0.29) is 56.8 Å². The van der Waals surface area contributed by atoms with Crippen molar-refractivity contribution in [2.45, 2.75) is 62.6 Å². The molecular weight excluding hydrogens is 666 g/mol. The van der Waals surface area contributed by atoms with Gasteiger partial charge in [0.25, 0.3) is 0 Å². The molecular formula is C36H40BrN3O7. The van der Waals surface area contributed by atoms with Gasteiger partial charge in [-0.25, -0.2) is 0 Å². The zero-order valence-electron chi connectivity index (χ0n) is 26.5. The first kappa shape index (κ1) is 33.1. The van der Waals surface area contributed by atoms with Crippen LogP contribution >= 0.6 is 15.9 Å². The largest absolute Gasteiger partial charge is 0.455 e. The summed E-state index contributed by atoms with van der Waals surface area (Å²) in [5.41, 5.74) is 0.212. The lowest BCUT2D eigenvalue weighted by atomic mass is 9.74. The number of hydrogen-bond acceptors (Lipinski definition) is 7. The lowest BCUT2D eigenvalue weighted by molar-refractivity contribution is -0.164. The quantitative estimate of drug-likeness (QED) is 0.360. The Hall–Kier alpha value is -3.80. The highest BCUT2D eigenvalue weighted by Gasteiger charge is 2.75. The average molecular weight is 707 g/mol. The molecule has 11 heteroatoms. The molecule has 0 unspecified atom stereocenters. The second kappa shape index (κ2) is 13.7. The molecule has 0 aliphatic carbocycles. The van der Waals surface area contributed by atoms with Gasteiger partial charge >= 0.3 is 5.97 Å². The number of ether oxygens (including phenoxy) is 2. The van der Waals surface area contributed by atoms with Crippen LogP contribution in [0.2, 0.25) is 0 Å². The number of rotatable bonds is 6. The number of cyclic esters (lactones) is 1. The smallest absolute Gasteiger partial charge is 0.313 e. The summed E-state index contributed by atoms with van der Waals surface area (Å²) >= 11 is 3.60. The molecule has 1 N–H and O–H groups in total. The molecule has 248 valence electrons. The van der Waals surface area contributed by atoms with Gasteiger partial charge in [0.2, 0.25) is 17.7 Å². The average Bonchev–Trinajstić information content (AvgIpc) is 3.67. The summed E-state index contributed by atoms with van der Waals surface area (Å²) in [4.78, 5) is 61.5. The van der Waals surface area contributed by atoms with Gasteiger partial charge < -0.3 is 29.3 Å². The summed E-state index contributed by atoms with van der Waals surface area (Å²) in [5.74, 6) is -3.50. The Labute approximate surface area is 283 Å². The first-order valence-electron chi connectivity index (χ1n) is 16.1. The van der Waals surface area contributed by atoms with Gasteiger partial charge in [-0.05, 0) is 37.0 Å². The van der Waals surface area contributed by atoms with Crippen LogP contribution < -0.4 is 0 Å². The number of likely N-dealkylation sites (N-methyl/N-ethyl adjacent to an activating group) is 1. The summed E-state index contributed by atoms with van der Waals surface area (Å²) in [7, 11) is 1.70. The van der Waals surface area contributed by atoms with Gasteiger partial charge in [0.15, 0.2) is 0 Å². The van der Waals surface area contributed by atoms with E-state index in [1.54, 1.807) is 22.9 Å². The van der Waals surface area contributed by atoms with Crippen molar-refractivity contribution in [2.75, 3.05) is 26.7 Å². The van der Waals surface area contributed by atoms with Gasteiger partial charge in [0.1, 0.15) is 29.8 Å². The number of aliphatic hydroxyl groups is 1. The lowest BCUT2D eigenvalue weighted by Crippen LogP contribution is -2.55. The molecule has 2 aromatic rings. The molecule has 7 atom stereocenters. The molecule has 1 spiro atoms. The van der Waals surface area contributed by atoms with Crippen LogP contribution in [0.5, 0.6) is 0 Å². The number of allylic oxidation sites excluding steroid dienone is 1. The van der Waals surface area contributed by atoms with Crippen molar-refractivity contribution in [2.24, 2.45) is 11.8 Å². The third-order valence-electron chi connectivity index (χ3n) is 9.85. The SMILES string of the molecule is C[C@@H]1[C@@H](c2ccccc2)OC(=O)[C@@H]2[C@H]3O[C@@]4(C=C3Br)[C@H](C(=O)N(Cc3ccccc3)C/C=C\CCC(=O)N1C)N(CCCO)C(=O)[C@@H]24. The van der Waals surface area contributed by atoms with Gasteiger partial charge in [-0.2, -0.15) is 0 Å². The van der Waals surface area contributed by atoms with Crippen LogP contribution in [0.4, 0.5) is 0 Å². The van der Waals surface area contributed by atoms with Crippen molar-refractivity contribution < 1.29 is 33.8 Å². The number of halogens is 1. The summed E-state index contributed by atoms with van der Waals surface area (Å²) < 4.78 is 13.5. The van der Waals surface area contributed by atoms with Crippen LogP contribution in [0.3, 0.4) is 0 Å². The highest BCUT2D eigenvalue weighted by molar-refractivity contribution is 9.11. The Bertz CT molecular complexity index is 1570. The van der Waals surface area contributed by atoms with E-state index < -0.39 is 47.7 Å². The Balaban J connectivity index is 1.45. The van der Waals surface area contributed by atoms with Crippen LogP contribution in [-0.4, -0.2) is 94.0 Å². The monoisotopic (exact) mass is 705 g/mol. The molecule has 2 aromatic carbocycles. The van der Waals surface area contributed by atoms with E-state index in [9.17, 15) is 24.3 Å². The van der Waals surface area contributed by atoms with E-state index in [4.69, 9.17) is 9.47 Å². The number of nitrogens with zero attached hydrogens (tertiary/aromatic N) is 3. The summed E-state index contributed by atoms with van der Waals surface area (Å²) in [5, 5.41) is 9.73. The molecule has 3 amide bonds. The van der Waals surface area contributed by atoms with Crippen molar-refractivity contribution in [1.82, 2.24) is 14.7 Å². The number of carbonyl (C=O) groups is 4. The van der Waals surface area contributed by atoms with Crippen molar-refractivity contribution >= 4 is 39.6 Å². The maximum Gasteiger partial charge on any atom is 0.313 e. The maximum atomic E-state index is 14.7. The fourth-order valence-corrected chi connectivity index (χ4v) is 8.12. The molecule has 4 aliphatic heterocycles. The predicted molar refractivity (Wildman–Crippen MR) is 177 cm³/mol. The molecule has 0 radical (unpaired) electrons. The summed E-state index contributed by atoms with van der Waals surface area (Å²) in [6.07, 6.45) is 4.86. The van der Waals surface area contributed by atoms with E-state index in [2.05, 4.69) is 15.9 Å². The highest BCUT2D eigenvalue weighted by atomic mass is 79.9. The van der Waals surface area contributed by atoms with Crippen LogP contribution in [0, 0.1) is 11.8 Å². The van der Waals surface area contributed by atoms with E-state index in [0.717, 1.165) is 5.56 Å². The maximum absolute atomic E-state index is 14.7. The van der Waals surface area contributed by atoms with E-state index in [1.165, 1.54) is 4.90 Å². The van der Waals surface area contributed by atoms with Crippen molar-refractivity contribution in [1.29, 1.82) is 0 Å². The third kappa shape index (κ3) is 6.05. The second-order valence-corrected chi connectivity index (χ2v) is 13.6. The van der Waals surface area contributed by atoms with Gasteiger partial charge in [-0.15, -0.1) is 0 Å². The predicted octanol–water partition coefficient (Wildman–Crippen LogP) is 3.75. The molecule has 0 aromatic heterocycles. The molecule has 0 saturated carbocycles. The first-order chi connectivity index (χ1) is 22.7. The summed E-state index contributed by atoms with van der Waals surface area (Å²) in [6, 6.07) is 17.2. The Morgan fingerprint density at radius 2 is 1.66 bits per heavy atom. The fraction of sp³-hybridized carbons (Fsp3) is 0.444. The minimum absolute atomic E-state index is 0.109.